The number of aromatic nitrogens is 4. The average Bonchev–Trinajstić information content (AvgIpc) is 2.94. The molecule has 3 rings (SSSR count). The molecule has 0 atom stereocenters. The van der Waals surface area contributed by atoms with Crippen molar-refractivity contribution in [1.82, 2.24) is 24.6 Å². The standard InChI is InChI=1S/C14H17N5O/c1-10(2)12-4-3-11(7-15-12)14(20)18-5-6-19-9-16-17-13(19)8-18/h3-4,7,9-10H,5-6,8H2,1-2H3. The van der Waals surface area contributed by atoms with Crippen LogP contribution in [0.4, 0.5) is 0 Å². The Bertz CT molecular complexity index is 617. The normalized spacial score (nSPS) is 14.4. The molecular formula is C14H17N5O. The van der Waals surface area contributed by atoms with Crippen molar-refractivity contribution in [2.75, 3.05) is 6.54 Å². The van der Waals surface area contributed by atoms with Crippen molar-refractivity contribution in [3.8, 4) is 0 Å². The molecule has 2 aromatic heterocycles. The van der Waals surface area contributed by atoms with Gasteiger partial charge in [-0.3, -0.25) is 9.78 Å². The van der Waals surface area contributed by atoms with Crippen LogP contribution in [0.2, 0.25) is 0 Å². The molecule has 1 amide bonds. The van der Waals surface area contributed by atoms with Gasteiger partial charge in [0.05, 0.1) is 12.1 Å². The fourth-order valence-corrected chi connectivity index (χ4v) is 2.30. The summed E-state index contributed by atoms with van der Waals surface area (Å²) >= 11 is 0. The largest absolute Gasteiger partial charge is 0.329 e. The third-order valence-electron chi connectivity index (χ3n) is 3.55. The van der Waals surface area contributed by atoms with Crippen molar-refractivity contribution in [2.45, 2.75) is 32.9 Å². The van der Waals surface area contributed by atoms with Crippen molar-refractivity contribution < 1.29 is 4.79 Å². The van der Waals surface area contributed by atoms with Crippen LogP contribution in [-0.2, 0) is 13.1 Å². The first kappa shape index (κ1) is 12.8. The molecule has 104 valence electrons. The van der Waals surface area contributed by atoms with Crippen LogP contribution in [0.25, 0.3) is 0 Å². The summed E-state index contributed by atoms with van der Waals surface area (Å²) < 4.78 is 1.98. The van der Waals surface area contributed by atoms with Crippen molar-refractivity contribution in [3.63, 3.8) is 0 Å². The van der Waals surface area contributed by atoms with E-state index in [1.54, 1.807) is 17.4 Å². The van der Waals surface area contributed by atoms with Gasteiger partial charge in [-0.25, -0.2) is 0 Å². The van der Waals surface area contributed by atoms with Crippen molar-refractivity contribution in [1.29, 1.82) is 0 Å². The fourth-order valence-electron chi connectivity index (χ4n) is 2.30. The molecule has 0 aromatic carbocycles. The van der Waals surface area contributed by atoms with E-state index in [9.17, 15) is 4.79 Å². The van der Waals surface area contributed by atoms with Crippen molar-refractivity contribution in [2.24, 2.45) is 0 Å². The topological polar surface area (TPSA) is 63.9 Å². The lowest BCUT2D eigenvalue weighted by Gasteiger charge is -2.27. The summed E-state index contributed by atoms with van der Waals surface area (Å²) in [7, 11) is 0. The molecule has 0 N–H and O–H groups in total. The van der Waals surface area contributed by atoms with Crippen LogP contribution in [0.15, 0.2) is 24.7 Å². The summed E-state index contributed by atoms with van der Waals surface area (Å²) in [5.41, 5.74) is 1.63. The van der Waals surface area contributed by atoms with Gasteiger partial charge in [-0.1, -0.05) is 13.8 Å². The Kier molecular flexibility index (Phi) is 3.22. The number of carbonyl (C=O) groups is 1. The smallest absolute Gasteiger partial charge is 0.255 e. The molecule has 1 aliphatic rings. The Morgan fingerprint density at radius 3 is 2.85 bits per heavy atom. The Morgan fingerprint density at radius 1 is 1.30 bits per heavy atom. The van der Waals surface area contributed by atoms with Crippen LogP contribution in [0.3, 0.4) is 0 Å². The highest BCUT2D eigenvalue weighted by molar-refractivity contribution is 5.93. The molecule has 0 aliphatic carbocycles. The van der Waals surface area contributed by atoms with Crippen molar-refractivity contribution >= 4 is 5.91 Å². The van der Waals surface area contributed by atoms with Gasteiger partial charge >= 0.3 is 0 Å². The van der Waals surface area contributed by atoms with E-state index in [-0.39, 0.29) is 5.91 Å². The van der Waals surface area contributed by atoms with E-state index in [1.807, 2.05) is 16.7 Å². The van der Waals surface area contributed by atoms with E-state index in [0.29, 0.717) is 24.6 Å². The molecule has 1 aliphatic heterocycles. The Labute approximate surface area is 117 Å². The summed E-state index contributed by atoms with van der Waals surface area (Å²) in [6, 6.07) is 3.77. The fraction of sp³-hybridized carbons (Fsp3) is 0.429. The minimum Gasteiger partial charge on any atom is -0.329 e. The van der Waals surface area contributed by atoms with Gasteiger partial charge in [0.2, 0.25) is 0 Å². The van der Waals surface area contributed by atoms with E-state index in [1.165, 1.54) is 0 Å². The molecule has 0 unspecified atom stereocenters. The number of amides is 1. The second-order valence-corrected chi connectivity index (χ2v) is 5.29. The average molecular weight is 271 g/mol. The zero-order valence-corrected chi connectivity index (χ0v) is 11.7. The van der Waals surface area contributed by atoms with Crippen LogP contribution >= 0.6 is 0 Å². The predicted molar refractivity (Wildman–Crippen MR) is 73.1 cm³/mol. The van der Waals surface area contributed by atoms with Crippen LogP contribution in [-0.4, -0.2) is 37.1 Å². The number of hydrogen-bond acceptors (Lipinski definition) is 4. The second kappa shape index (κ2) is 5.03. The second-order valence-electron chi connectivity index (χ2n) is 5.29. The van der Waals surface area contributed by atoms with E-state index < -0.39 is 0 Å². The van der Waals surface area contributed by atoms with Gasteiger partial charge in [-0.05, 0) is 18.1 Å². The molecule has 2 aromatic rings. The van der Waals surface area contributed by atoms with Crippen molar-refractivity contribution in [3.05, 3.63) is 41.7 Å². The van der Waals surface area contributed by atoms with E-state index >= 15 is 0 Å². The van der Waals surface area contributed by atoms with Gasteiger partial charge in [-0.15, -0.1) is 10.2 Å². The Balaban J connectivity index is 1.76. The van der Waals surface area contributed by atoms with E-state index in [4.69, 9.17) is 0 Å². The first-order chi connectivity index (χ1) is 9.65. The summed E-state index contributed by atoms with van der Waals surface area (Å²) in [4.78, 5) is 18.6. The first-order valence-electron chi connectivity index (χ1n) is 6.77. The van der Waals surface area contributed by atoms with Crippen LogP contribution in [0.1, 0.15) is 41.6 Å². The molecule has 0 saturated carbocycles. The number of fused-ring (bicyclic) bond motifs is 1. The van der Waals surface area contributed by atoms with Gasteiger partial charge in [0.1, 0.15) is 6.33 Å². The summed E-state index contributed by atoms with van der Waals surface area (Å²) in [5, 5.41) is 7.89. The number of rotatable bonds is 2. The quantitative estimate of drug-likeness (QED) is 0.829. The van der Waals surface area contributed by atoms with E-state index in [2.05, 4.69) is 29.0 Å². The van der Waals surface area contributed by atoms with Crippen LogP contribution < -0.4 is 0 Å². The highest BCUT2D eigenvalue weighted by atomic mass is 16.2. The lowest BCUT2D eigenvalue weighted by atomic mass is 10.1. The van der Waals surface area contributed by atoms with Gasteiger partial charge in [0, 0.05) is 25.0 Å². The third-order valence-corrected chi connectivity index (χ3v) is 3.55. The van der Waals surface area contributed by atoms with Crippen LogP contribution in [0, 0.1) is 0 Å². The predicted octanol–water partition coefficient (Wildman–Crippen LogP) is 1.45. The molecule has 0 bridgehead atoms. The van der Waals surface area contributed by atoms with Gasteiger partial charge in [-0.2, -0.15) is 0 Å². The maximum atomic E-state index is 12.4. The third kappa shape index (κ3) is 2.29. The number of carbonyl (C=O) groups excluding carboxylic acids is 1. The zero-order valence-electron chi connectivity index (χ0n) is 11.7. The number of nitrogens with zero attached hydrogens (tertiary/aromatic N) is 5. The summed E-state index contributed by atoms with van der Waals surface area (Å²) in [6.07, 6.45) is 3.37. The molecule has 0 spiro atoms. The van der Waals surface area contributed by atoms with E-state index in [0.717, 1.165) is 18.1 Å². The highest BCUT2D eigenvalue weighted by Crippen LogP contribution is 2.15. The first-order valence-corrected chi connectivity index (χ1v) is 6.77. The summed E-state index contributed by atoms with van der Waals surface area (Å²) in [5.74, 6) is 1.20. The molecule has 0 radical (unpaired) electrons. The molecule has 20 heavy (non-hydrogen) atoms. The molecule has 3 heterocycles. The molecule has 0 fully saturated rings. The maximum Gasteiger partial charge on any atom is 0.255 e. The monoisotopic (exact) mass is 271 g/mol. The molecule has 6 heteroatoms. The Hall–Kier alpha value is -2.24. The highest BCUT2D eigenvalue weighted by Gasteiger charge is 2.23. The molecular weight excluding hydrogens is 254 g/mol. The van der Waals surface area contributed by atoms with Gasteiger partial charge < -0.3 is 9.47 Å². The minimum absolute atomic E-state index is 0.00190. The maximum absolute atomic E-state index is 12.4. The zero-order chi connectivity index (χ0) is 14.1. The number of hydrogen-bond donors (Lipinski definition) is 0. The SMILES string of the molecule is CC(C)c1ccc(C(=O)N2CCn3cnnc3C2)cn1. The minimum atomic E-state index is 0.00190. The van der Waals surface area contributed by atoms with Gasteiger partial charge in [0.15, 0.2) is 5.82 Å². The molecule has 6 nitrogen and oxygen atoms in total. The van der Waals surface area contributed by atoms with Crippen LogP contribution in [0.5, 0.6) is 0 Å². The Morgan fingerprint density at radius 2 is 2.15 bits per heavy atom. The lowest BCUT2D eigenvalue weighted by molar-refractivity contribution is 0.0707. The number of pyridine rings is 1. The van der Waals surface area contributed by atoms with Gasteiger partial charge in [0.25, 0.3) is 5.91 Å². The summed E-state index contributed by atoms with van der Waals surface area (Å²) in [6.45, 7) is 6.09. The molecule has 0 saturated heterocycles. The lowest BCUT2D eigenvalue weighted by Crippen LogP contribution is -2.38.